The summed E-state index contributed by atoms with van der Waals surface area (Å²) in [5.41, 5.74) is 1.75. The van der Waals surface area contributed by atoms with Crippen molar-refractivity contribution < 1.29 is 18.7 Å². The molecule has 1 heterocycles. The summed E-state index contributed by atoms with van der Waals surface area (Å²) < 4.78 is 19.0. The summed E-state index contributed by atoms with van der Waals surface area (Å²) in [6, 6.07) is 11.1. The quantitative estimate of drug-likeness (QED) is 0.623. The minimum atomic E-state index is -0.588. The van der Waals surface area contributed by atoms with Crippen molar-refractivity contribution in [1.29, 1.82) is 0 Å². The number of ether oxygens (including phenoxy) is 1. The number of benzene rings is 2. The van der Waals surface area contributed by atoms with Crippen LogP contribution in [0.1, 0.15) is 46.9 Å². The maximum absolute atomic E-state index is 13.9. The van der Waals surface area contributed by atoms with Gasteiger partial charge in [-0.25, -0.2) is 4.39 Å². The molecule has 3 rings (SSSR count). The largest absolute Gasteiger partial charge is 0.385 e. The normalized spacial score (nSPS) is 14.4. The molecule has 7 heteroatoms. The molecular formula is C24H30FN3O3. The highest BCUT2D eigenvalue weighted by molar-refractivity contribution is 6.06. The first-order valence-electron chi connectivity index (χ1n) is 10.7. The van der Waals surface area contributed by atoms with Gasteiger partial charge in [-0.3, -0.25) is 9.59 Å². The van der Waals surface area contributed by atoms with Gasteiger partial charge in [-0.05, 0) is 55.5 Å². The fourth-order valence-corrected chi connectivity index (χ4v) is 3.68. The summed E-state index contributed by atoms with van der Waals surface area (Å²) in [7, 11) is 1.62. The average Bonchev–Trinajstić information content (AvgIpc) is 2.77. The number of halogens is 1. The number of hydrogen-bond donors (Lipinski definition) is 2. The van der Waals surface area contributed by atoms with E-state index in [0.29, 0.717) is 36.7 Å². The van der Waals surface area contributed by atoms with E-state index in [1.807, 2.05) is 6.07 Å². The average molecular weight is 428 g/mol. The van der Waals surface area contributed by atoms with Crippen molar-refractivity contribution in [1.82, 2.24) is 5.32 Å². The predicted octanol–water partition coefficient (Wildman–Crippen LogP) is 4.08. The van der Waals surface area contributed by atoms with Gasteiger partial charge in [-0.1, -0.05) is 19.1 Å². The topological polar surface area (TPSA) is 70.7 Å². The van der Waals surface area contributed by atoms with Crippen LogP contribution in [-0.4, -0.2) is 45.2 Å². The Kier molecular flexibility index (Phi) is 8.00. The monoisotopic (exact) mass is 427 g/mol. The van der Waals surface area contributed by atoms with Gasteiger partial charge in [0.1, 0.15) is 5.82 Å². The molecule has 0 atom stereocenters. The maximum atomic E-state index is 13.9. The van der Waals surface area contributed by atoms with Gasteiger partial charge in [-0.2, -0.15) is 0 Å². The number of carbonyl (C=O) groups excluding carboxylic acids is 2. The number of nitrogens with zero attached hydrogens (tertiary/aromatic N) is 1. The van der Waals surface area contributed by atoms with Crippen LogP contribution in [0.5, 0.6) is 0 Å². The molecular weight excluding hydrogens is 397 g/mol. The van der Waals surface area contributed by atoms with Gasteiger partial charge < -0.3 is 20.3 Å². The number of rotatable bonds is 8. The minimum Gasteiger partial charge on any atom is -0.385 e. The number of amides is 2. The molecule has 2 aromatic rings. The zero-order chi connectivity index (χ0) is 22.2. The van der Waals surface area contributed by atoms with Crippen LogP contribution in [0.3, 0.4) is 0 Å². The summed E-state index contributed by atoms with van der Waals surface area (Å²) >= 11 is 0. The lowest BCUT2D eigenvalue weighted by Crippen LogP contribution is -2.35. The van der Waals surface area contributed by atoms with E-state index in [1.165, 1.54) is 18.2 Å². The van der Waals surface area contributed by atoms with E-state index in [-0.39, 0.29) is 11.5 Å². The molecule has 2 N–H and O–H groups in total. The van der Waals surface area contributed by atoms with Crippen LogP contribution in [0.25, 0.3) is 0 Å². The Morgan fingerprint density at radius 1 is 1.10 bits per heavy atom. The van der Waals surface area contributed by atoms with Gasteiger partial charge in [-0.15, -0.1) is 0 Å². The molecule has 31 heavy (non-hydrogen) atoms. The molecule has 1 fully saturated rings. The molecule has 2 aromatic carbocycles. The summed E-state index contributed by atoms with van der Waals surface area (Å²) in [6.45, 7) is 5.06. The summed E-state index contributed by atoms with van der Waals surface area (Å²) in [4.78, 5) is 27.7. The van der Waals surface area contributed by atoms with Gasteiger partial charge >= 0.3 is 0 Å². The van der Waals surface area contributed by atoms with Crippen LogP contribution in [-0.2, 0) is 4.74 Å². The molecule has 1 saturated heterocycles. The predicted molar refractivity (Wildman–Crippen MR) is 120 cm³/mol. The Bertz CT molecular complexity index is 911. The van der Waals surface area contributed by atoms with Crippen LogP contribution < -0.4 is 15.5 Å². The fourth-order valence-electron chi connectivity index (χ4n) is 3.68. The number of nitrogens with one attached hydrogen (secondary N) is 2. The molecule has 6 nitrogen and oxygen atoms in total. The number of methoxy groups -OCH3 is 1. The third kappa shape index (κ3) is 6.04. The summed E-state index contributed by atoms with van der Waals surface area (Å²) in [5, 5.41) is 5.64. The van der Waals surface area contributed by atoms with Crippen LogP contribution in [0, 0.1) is 11.7 Å². The molecule has 0 aliphatic carbocycles. The first kappa shape index (κ1) is 22.7. The van der Waals surface area contributed by atoms with Gasteiger partial charge in [0.05, 0.1) is 11.1 Å². The summed E-state index contributed by atoms with van der Waals surface area (Å²) in [5.74, 6) is -0.673. The molecule has 1 aliphatic rings. The van der Waals surface area contributed by atoms with E-state index in [4.69, 9.17) is 4.74 Å². The lowest BCUT2D eigenvalue weighted by atomic mass is 9.97. The highest BCUT2D eigenvalue weighted by Gasteiger charge is 2.22. The van der Waals surface area contributed by atoms with Crippen LogP contribution in [0.4, 0.5) is 15.8 Å². The third-order valence-electron chi connectivity index (χ3n) is 5.55. The van der Waals surface area contributed by atoms with Crippen molar-refractivity contribution in [3.8, 4) is 0 Å². The second kappa shape index (κ2) is 10.9. The number of hydrogen-bond acceptors (Lipinski definition) is 4. The van der Waals surface area contributed by atoms with E-state index in [9.17, 15) is 14.0 Å². The van der Waals surface area contributed by atoms with Gasteiger partial charge in [0.25, 0.3) is 11.8 Å². The molecule has 166 valence electrons. The maximum Gasteiger partial charge on any atom is 0.258 e. The molecule has 0 aromatic heterocycles. The Morgan fingerprint density at radius 2 is 1.84 bits per heavy atom. The smallest absolute Gasteiger partial charge is 0.258 e. The zero-order valence-electron chi connectivity index (χ0n) is 18.1. The lowest BCUT2D eigenvalue weighted by Gasteiger charge is -2.33. The zero-order valence-corrected chi connectivity index (χ0v) is 18.1. The Balaban J connectivity index is 1.82. The van der Waals surface area contributed by atoms with E-state index in [2.05, 4.69) is 22.5 Å². The van der Waals surface area contributed by atoms with Crippen LogP contribution >= 0.6 is 0 Å². The molecule has 1 aliphatic heterocycles. The molecule has 0 saturated carbocycles. The standard InChI is InChI=1S/C24H30FN3O3/c1-17-10-13-28(14-11-17)22-9-8-18(16-20(22)23(29)26-12-5-15-31-2)27-24(30)19-6-3-4-7-21(19)25/h3-4,6-9,16-17H,5,10-15H2,1-2H3,(H,26,29)(H,27,30). The highest BCUT2D eigenvalue weighted by atomic mass is 19.1. The van der Waals surface area contributed by atoms with Crippen molar-refractivity contribution in [2.45, 2.75) is 26.2 Å². The van der Waals surface area contributed by atoms with Crippen molar-refractivity contribution in [3.05, 3.63) is 59.4 Å². The second-order valence-electron chi connectivity index (χ2n) is 7.94. The molecule has 0 unspecified atom stereocenters. The molecule has 0 bridgehead atoms. The Morgan fingerprint density at radius 3 is 2.55 bits per heavy atom. The minimum absolute atomic E-state index is 0.0397. The van der Waals surface area contributed by atoms with E-state index >= 15 is 0 Å². The second-order valence-corrected chi connectivity index (χ2v) is 7.94. The number of carbonyl (C=O) groups is 2. The van der Waals surface area contributed by atoms with Crippen molar-refractivity contribution in [3.63, 3.8) is 0 Å². The van der Waals surface area contributed by atoms with Gasteiger partial charge in [0, 0.05) is 44.7 Å². The van der Waals surface area contributed by atoms with Crippen molar-refractivity contribution in [2.24, 2.45) is 5.92 Å². The van der Waals surface area contributed by atoms with Gasteiger partial charge in [0.2, 0.25) is 0 Å². The fraction of sp³-hybridized carbons (Fsp3) is 0.417. The Labute approximate surface area is 182 Å². The first-order valence-corrected chi connectivity index (χ1v) is 10.7. The van der Waals surface area contributed by atoms with Gasteiger partial charge in [0.15, 0.2) is 0 Å². The van der Waals surface area contributed by atoms with E-state index < -0.39 is 11.7 Å². The lowest BCUT2D eigenvalue weighted by molar-refractivity contribution is 0.0947. The summed E-state index contributed by atoms with van der Waals surface area (Å²) in [6.07, 6.45) is 2.85. The number of anilines is 2. The first-order chi connectivity index (χ1) is 15.0. The van der Waals surface area contributed by atoms with E-state index in [1.54, 1.807) is 25.3 Å². The number of piperidine rings is 1. The van der Waals surface area contributed by atoms with Crippen LogP contribution in [0.2, 0.25) is 0 Å². The van der Waals surface area contributed by atoms with E-state index in [0.717, 1.165) is 31.6 Å². The molecule has 0 spiro atoms. The van der Waals surface area contributed by atoms with Crippen molar-refractivity contribution >= 4 is 23.2 Å². The molecule has 0 radical (unpaired) electrons. The van der Waals surface area contributed by atoms with Crippen LogP contribution in [0.15, 0.2) is 42.5 Å². The highest BCUT2D eigenvalue weighted by Crippen LogP contribution is 2.29. The third-order valence-corrected chi connectivity index (χ3v) is 5.55. The Hall–Kier alpha value is -2.93. The molecule has 2 amide bonds. The van der Waals surface area contributed by atoms with Crippen molar-refractivity contribution in [2.75, 3.05) is 43.6 Å². The SMILES string of the molecule is COCCCNC(=O)c1cc(NC(=O)c2ccccc2F)ccc1N1CCC(C)CC1.